The molecule has 0 aliphatic heterocycles. The Morgan fingerprint density at radius 3 is 2.65 bits per heavy atom. The lowest BCUT2D eigenvalue weighted by Crippen LogP contribution is -2.29. The Kier molecular flexibility index (Phi) is 6.55. The van der Waals surface area contributed by atoms with Crippen molar-refractivity contribution < 1.29 is 4.79 Å². The van der Waals surface area contributed by atoms with Crippen molar-refractivity contribution in [3.8, 4) is 0 Å². The van der Waals surface area contributed by atoms with Crippen LogP contribution in [-0.2, 0) is 6.42 Å². The van der Waals surface area contributed by atoms with E-state index < -0.39 is 0 Å². The molecule has 2 amide bonds. The molecule has 3 rings (SSSR count). The summed E-state index contributed by atoms with van der Waals surface area (Å²) in [6.07, 6.45) is 8.74. The number of urea groups is 1. The lowest BCUT2D eigenvalue weighted by atomic mass is 10.2. The van der Waals surface area contributed by atoms with Crippen LogP contribution in [0, 0.1) is 6.92 Å². The molecule has 6 nitrogen and oxygen atoms in total. The van der Waals surface area contributed by atoms with E-state index in [2.05, 4.69) is 31.7 Å². The zero-order valence-corrected chi connectivity index (χ0v) is 16.3. The number of nitrogens with zero attached hydrogens (tertiary/aromatic N) is 3. The van der Waals surface area contributed by atoms with E-state index in [9.17, 15) is 4.79 Å². The fourth-order valence-corrected chi connectivity index (χ4v) is 3.98. The third-order valence-corrected chi connectivity index (χ3v) is 5.42. The molecule has 0 radical (unpaired) electrons. The van der Waals surface area contributed by atoms with Crippen LogP contribution in [0.25, 0.3) is 0 Å². The molecule has 0 saturated heterocycles. The van der Waals surface area contributed by atoms with Crippen molar-refractivity contribution in [1.29, 1.82) is 0 Å². The summed E-state index contributed by atoms with van der Waals surface area (Å²) in [5.74, 6) is 1.04. The summed E-state index contributed by atoms with van der Waals surface area (Å²) in [5, 5.41) is 15.5. The van der Waals surface area contributed by atoms with Gasteiger partial charge in [0.05, 0.1) is 0 Å². The van der Waals surface area contributed by atoms with E-state index in [1.807, 2.05) is 31.2 Å². The average Bonchev–Trinajstić information content (AvgIpc) is 3.29. The van der Waals surface area contributed by atoms with Gasteiger partial charge in [-0.3, -0.25) is 0 Å². The van der Waals surface area contributed by atoms with Crippen LogP contribution in [0.1, 0.15) is 49.5 Å². The SMILES string of the molecule is CSc1nnc(CCCNC(=O)Nc2ccc(C)cc2)n1C1CCCC1. The minimum atomic E-state index is -0.170. The molecule has 1 aliphatic carbocycles. The number of carbonyl (C=O) groups is 1. The van der Waals surface area contributed by atoms with Gasteiger partial charge in [-0.15, -0.1) is 10.2 Å². The molecule has 0 unspecified atom stereocenters. The summed E-state index contributed by atoms with van der Waals surface area (Å²) < 4.78 is 2.32. The molecule has 7 heteroatoms. The van der Waals surface area contributed by atoms with E-state index in [-0.39, 0.29) is 6.03 Å². The summed E-state index contributed by atoms with van der Waals surface area (Å²) in [6.45, 7) is 2.64. The first-order chi connectivity index (χ1) is 12.7. The smallest absolute Gasteiger partial charge is 0.319 e. The van der Waals surface area contributed by atoms with Crippen molar-refractivity contribution in [3.63, 3.8) is 0 Å². The monoisotopic (exact) mass is 373 g/mol. The second-order valence-electron chi connectivity index (χ2n) is 6.76. The van der Waals surface area contributed by atoms with E-state index in [4.69, 9.17) is 0 Å². The van der Waals surface area contributed by atoms with Crippen LogP contribution < -0.4 is 10.6 Å². The Labute approximate surface area is 159 Å². The van der Waals surface area contributed by atoms with Gasteiger partial charge in [0.1, 0.15) is 5.82 Å². The van der Waals surface area contributed by atoms with E-state index in [1.54, 1.807) is 11.8 Å². The maximum absolute atomic E-state index is 12.0. The topological polar surface area (TPSA) is 71.8 Å². The maximum Gasteiger partial charge on any atom is 0.319 e. The number of aryl methyl sites for hydroxylation is 2. The maximum atomic E-state index is 12.0. The molecule has 0 bridgehead atoms. The predicted molar refractivity (Wildman–Crippen MR) is 106 cm³/mol. The number of aromatic nitrogens is 3. The number of hydrogen-bond donors (Lipinski definition) is 2. The minimum absolute atomic E-state index is 0.170. The number of thioether (sulfide) groups is 1. The quantitative estimate of drug-likeness (QED) is 0.564. The Balaban J connectivity index is 1.47. The standard InChI is InChI=1S/C19H27N5OS/c1-14-9-11-15(12-10-14)21-18(25)20-13-5-8-17-22-23-19(26-2)24(17)16-6-3-4-7-16/h9-12,16H,3-8,13H2,1-2H3,(H2,20,21,25). The molecule has 26 heavy (non-hydrogen) atoms. The van der Waals surface area contributed by atoms with Gasteiger partial charge in [0.15, 0.2) is 5.16 Å². The fraction of sp³-hybridized carbons (Fsp3) is 0.526. The van der Waals surface area contributed by atoms with Gasteiger partial charge in [0, 0.05) is 24.7 Å². The molecule has 2 N–H and O–H groups in total. The summed E-state index contributed by atoms with van der Waals surface area (Å²) >= 11 is 1.66. The molecule has 1 heterocycles. The van der Waals surface area contributed by atoms with Gasteiger partial charge >= 0.3 is 6.03 Å². The van der Waals surface area contributed by atoms with Gasteiger partial charge in [0.25, 0.3) is 0 Å². The van der Waals surface area contributed by atoms with Gasteiger partial charge in [-0.25, -0.2) is 4.79 Å². The van der Waals surface area contributed by atoms with Crippen LogP contribution in [0.15, 0.2) is 29.4 Å². The molecule has 1 aliphatic rings. The van der Waals surface area contributed by atoms with Crippen LogP contribution in [0.4, 0.5) is 10.5 Å². The van der Waals surface area contributed by atoms with Crippen LogP contribution in [0.2, 0.25) is 0 Å². The molecule has 0 spiro atoms. The van der Waals surface area contributed by atoms with Gasteiger partial charge in [0.2, 0.25) is 0 Å². The molecule has 1 fully saturated rings. The Bertz CT molecular complexity index is 722. The van der Waals surface area contributed by atoms with Crippen molar-refractivity contribution in [3.05, 3.63) is 35.7 Å². The fourth-order valence-electron chi connectivity index (χ4n) is 3.41. The van der Waals surface area contributed by atoms with Crippen molar-refractivity contribution >= 4 is 23.5 Å². The number of rotatable bonds is 7. The molecular formula is C19H27N5OS. The zero-order valence-electron chi connectivity index (χ0n) is 15.5. The van der Waals surface area contributed by atoms with Crippen LogP contribution in [0.5, 0.6) is 0 Å². The number of nitrogens with one attached hydrogen (secondary N) is 2. The number of anilines is 1. The summed E-state index contributed by atoms with van der Waals surface area (Å²) in [6, 6.07) is 8.14. The highest BCUT2D eigenvalue weighted by Gasteiger charge is 2.23. The third kappa shape index (κ3) is 4.78. The summed E-state index contributed by atoms with van der Waals surface area (Å²) in [7, 11) is 0. The molecular weight excluding hydrogens is 346 g/mol. The van der Waals surface area contributed by atoms with E-state index in [1.165, 1.54) is 31.2 Å². The van der Waals surface area contributed by atoms with Gasteiger partial charge in [-0.05, 0) is 44.6 Å². The lowest BCUT2D eigenvalue weighted by molar-refractivity contribution is 0.252. The first-order valence-electron chi connectivity index (χ1n) is 9.26. The lowest BCUT2D eigenvalue weighted by Gasteiger charge is -2.16. The highest BCUT2D eigenvalue weighted by molar-refractivity contribution is 7.98. The third-order valence-electron chi connectivity index (χ3n) is 4.78. The van der Waals surface area contributed by atoms with Gasteiger partial charge in [-0.2, -0.15) is 0 Å². The van der Waals surface area contributed by atoms with Crippen molar-refractivity contribution in [2.75, 3.05) is 18.1 Å². The summed E-state index contributed by atoms with van der Waals surface area (Å²) in [5.41, 5.74) is 1.98. The number of carbonyl (C=O) groups excluding carboxylic acids is 1. The van der Waals surface area contributed by atoms with E-state index in [0.717, 1.165) is 29.5 Å². The second kappa shape index (κ2) is 9.07. The largest absolute Gasteiger partial charge is 0.338 e. The summed E-state index contributed by atoms with van der Waals surface area (Å²) in [4.78, 5) is 12.0. The number of hydrogen-bond acceptors (Lipinski definition) is 4. The molecule has 1 saturated carbocycles. The average molecular weight is 374 g/mol. The van der Waals surface area contributed by atoms with Crippen LogP contribution in [0.3, 0.4) is 0 Å². The molecule has 0 atom stereocenters. The predicted octanol–water partition coefficient (Wildman–Crippen LogP) is 4.18. The van der Waals surface area contributed by atoms with Crippen LogP contribution >= 0.6 is 11.8 Å². The zero-order chi connectivity index (χ0) is 18.4. The normalized spacial score (nSPS) is 14.5. The minimum Gasteiger partial charge on any atom is -0.338 e. The molecule has 140 valence electrons. The highest BCUT2D eigenvalue weighted by Crippen LogP contribution is 2.33. The molecule has 1 aromatic heterocycles. The van der Waals surface area contributed by atoms with E-state index in [0.29, 0.717) is 12.6 Å². The Hall–Kier alpha value is -2.02. The Morgan fingerprint density at radius 1 is 1.23 bits per heavy atom. The molecule has 2 aromatic rings. The second-order valence-corrected chi connectivity index (χ2v) is 7.54. The van der Waals surface area contributed by atoms with Gasteiger partial charge < -0.3 is 15.2 Å². The van der Waals surface area contributed by atoms with Gasteiger partial charge in [-0.1, -0.05) is 42.3 Å². The first-order valence-corrected chi connectivity index (χ1v) is 10.5. The highest BCUT2D eigenvalue weighted by atomic mass is 32.2. The number of benzene rings is 1. The van der Waals surface area contributed by atoms with Crippen molar-refractivity contribution in [1.82, 2.24) is 20.1 Å². The van der Waals surface area contributed by atoms with Crippen LogP contribution in [-0.4, -0.2) is 33.6 Å². The molecule has 1 aromatic carbocycles. The Morgan fingerprint density at radius 2 is 1.96 bits per heavy atom. The van der Waals surface area contributed by atoms with Crippen molar-refractivity contribution in [2.45, 2.75) is 56.6 Å². The first kappa shape index (κ1) is 18.8. The van der Waals surface area contributed by atoms with E-state index >= 15 is 0 Å². The number of amides is 2. The van der Waals surface area contributed by atoms with Crippen molar-refractivity contribution in [2.24, 2.45) is 0 Å².